The van der Waals surface area contributed by atoms with E-state index in [0.717, 1.165) is 41.5 Å². The summed E-state index contributed by atoms with van der Waals surface area (Å²) in [6, 6.07) is 13.1. The monoisotopic (exact) mass is 527 g/mol. The Morgan fingerprint density at radius 1 is 1.05 bits per heavy atom. The van der Waals surface area contributed by atoms with Gasteiger partial charge in [0, 0.05) is 12.0 Å². The summed E-state index contributed by atoms with van der Waals surface area (Å²) < 4.78 is 34.1. The first-order valence-electron chi connectivity index (χ1n) is 12.3. The normalized spacial score (nSPS) is 11.9. The molecule has 1 N–H and O–H groups in total. The molecule has 7 heteroatoms. The predicted molar refractivity (Wildman–Crippen MR) is 142 cm³/mol. The molecule has 0 saturated heterocycles. The average molecular weight is 528 g/mol. The van der Waals surface area contributed by atoms with E-state index >= 15 is 0 Å². The van der Waals surface area contributed by atoms with Crippen LogP contribution in [-0.2, 0) is 17.8 Å². The van der Waals surface area contributed by atoms with Crippen LogP contribution >= 0.6 is 11.6 Å². The number of ether oxygens (including phenoxy) is 1. The second-order valence-electron chi connectivity index (χ2n) is 9.71. The summed E-state index contributed by atoms with van der Waals surface area (Å²) >= 11 is 5.78. The molecule has 0 spiro atoms. The van der Waals surface area contributed by atoms with Gasteiger partial charge in [-0.15, -0.1) is 0 Å². The van der Waals surface area contributed by atoms with Crippen molar-refractivity contribution in [2.75, 3.05) is 0 Å². The third-order valence-electron chi connectivity index (χ3n) is 6.04. The smallest absolute Gasteiger partial charge is 0.252 e. The second-order valence-corrected chi connectivity index (χ2v) is 10.1. The van der Waals surface area contributed by atoms with Crippen molar-refractivity contribution < 1.29 is 23.1 Å². The maximum atomic E-state index is 14.3. The molecule has 0 aliphatic carbocycles. The Bertz CT molecular complexity index is 1260. The van der Waals surface area contributed by atoms with Crippen molar-refractivity contribution in [3.63, 3.8) is 0 Å². The summed E-state index contributed by atoms with van der Waals surface area (Å²) in [5.41, 5.74) is 3.98. The molecule has 0 bridgehead atoms. The van der Waals surface area contributed by atoms with Crippen LogP contribution < -0.4 is 10.1 Å². The number of aryl methyl sites for hydroxylation is 3. The zero-order valence-electron chi connectivity index (χ0n) is 21.5. The van der Waals surface area contributed by atoms with Crippen LogP contribution in [0, 0.1) is 31.4 Å². The highest BCUT2D eigenvalue weighted by Crippen LogP contribution is 2.27. The molecule has 3 rings (SSSR count). The van der Waals surface area contributed by atoms with Crippen molar-refractivity contribution >= 4 is 23.8 Å². The number of amides is 1. The van der Waals surface area contributed by atoms with E-state index in [1.807, 2.05) is 13.8 Å². The number of carbonyl (C=O) groups excluding carboxylic acids is 2. The predicted octanol–water partition coefficient (Wildman–Crippen LogP) is 7.46. The Hall–Kier alpha value is -3.25. The highest BCUT2D eigenvalue weighted by molar-refractivity contribution is 6.30. The molecule has 4 nitrogen and oxygen atoms in total. The maximum absolute atomic E-state index is 14.3. The lowest BCUT2D eigenvalue weighted by Crippen LogP contribution is -2.30. The molecule has 3 aromatic rings. The molecule has 1 unspecified atom stereocenters. The Balaban J connectivity index is 1.90. The molecule has 3 aromatic carbocycles. The second kappa shape index (κ2) is 12.8. The summed E-state index contributed by atoms with van der Waals surface area (Å²) in [5.74, 6) is -1.36. The minimum absolute atomic E-state index is 0.202. The Morgan fingerprint density at radius 2 is 1.76 bits per heavy atom. The molecular formula is C30H32ClF2NO3. The lowest BCUT2D eigenvalue weighted by atomic mass is 9.93. The van der Waals surface area contributed by atoms with Crippen LogP contribution in [0.3, 0.4) is 0 Å². The quantitative estimate of drug-likeness (QED) is 0.208. The van der Waals surface area contributed by atoms with Crippen molar-refractivity contribution in [3.8, 4) is 5.75 Å². The molecule has 0 radical (unpaired) electrons. The topological polar surface area (TPSA) is 55.4 Å². The van der Waals surface area contributed by atoms with Crippen LogP contribution in [0.15, 0.2) is 48.5 Å². The third kappa shape index (κ3) is 7.62. The first-order valence-corrected chi connectivity index (χ1v) is 12.7. The van der Waals surface area contributed by atoms with E-state index in [9.17, 15) is 18.4 Å². The summed E-state index contributed by atoms with van der Waals surface area (Å²) in [7, 11) is 0. The lowest BCUT2D eigenvalue weighted by Gasteiger charge is -2.23. The van der Waals surface area contributed by atoms with E-state index in [2.05, 4.69) is 37.4 Å². The SMILES string of the molecule is Cc1cc(C)cc(C(CC(C)C)NC(=O)c2cc(OCc3c(F)ccc(Cl)c3F)ccc2CCC=O)c1. The number of aldehydes is 1. The van der Waals surface area contributed by atoms with Gasteiger partial charge < -0.3 is 14.8 Å². The van der Waals surface area contributed by atoms with Gasteiger partial charge in [-0.1, -0.05) is 60.8 Å². The van der Waals surface area contributed by atoms with Crippen molar-refractivity contribution in [1.29, 1.82) is 0 Å². The highest BCUT2D eigenvalue weighted by Gasteiger charge is 2.21. The molecule has 0 saturated carbocycles. The summed E-state index contributed by atoms with van der Waals surface area (Å²) in [4.78, 5) is 24.6. The molecular weight excluding hydrogens is 496 g/mol. The standard InChI is InChI=1S/C30H32ClF2NO3/c1-18(2)12-28(22-14-19(3)13-20(4)15-22)34-30(36)24-16-23(8-7-21(24)6-5-11-35)37-17-25-27(32)10-9-26(31)29(25)33/h7-11,13-16,18,28H,5-6,12,17H2,1-4H3,(H,34,36). The molecule has 0 heterocycles. The fraction of sp³-hybridized carbons (Fsp3) is 0.333. The number of carbonyl (C=O) groups is 2. The molecule has 196 valence electrons. The maximum Gasteiger partial charge on any atom is 0.252 e. The number of hydrogen-bond acceptors (Lipinski definition) is 3. The largest absolute Gasteiger partial charge is 0.489 e. The van der Waals surface area contributed by atoms with E-state index in [0.29, 0.717) is 23.5 Å². The molecule has 0 aliphatic heterocycles. The Morgan fingerprint density at radius 3 is 2.41 bits per heavy atom. The van der Waals surface area contributed by atoms with E-state index in [1.54, 1.807) is 18.2 Å². The van der Waals surface area contributed by atoms with Crippen LogP contribution in [0.25, 0.3) is 0 Å². The van der Waals surface area contributed by atoms with Gasteiger partial charge in [-0.05, 0) is 68.0 Å². The van der Waals surface area contributed by atoms with Gasteiger partial charge in [0.2, 0.25) is 0 Å². The summed E-state index contributed by atoms with van der Waals surface area (Å²) in [6.45, 7) is 7.84. The van der Waals surface area contributed by atoms with E-state index in [4.69, 9.17) is 16.3 Å². The van der Waals surface area contributed by atoms with Crippen LogP contribution in [-0.4, -0.2) is 12.2 Å². The fourth-order valence-corrected chi connectivity index (χ4v) is 4.52. The van der Waals surface area contributed by atoms with Gasteiger partial charge in [0.25, 0.3) is 5.91 Å². The van der Waals surface area contributed by atoms with E-state index < -0.39 is 18.2 Å². The third-order valence-corrected chi connectivity index (χ3v) is 6.33. The van der Waals surface area contributed by atoms with Gasteiger partial charge in [0.1, 0.15) is 24.5 Å². The number of benzene rings is 3. The molecule has 0 aromatic heterocycles. The van der Waals surface area contributed by atoms with Crippen molar-refractivity contribution in [2.45, 2.75) is 59.6 Å². The van der Waals surface area contributed by atoms with Gasteiger partial charge in [-0.25, -0.2) is 8.78 Å². The Labute approximate surface area is 222 Å². The van der Waals surface area contributed by atoms with Crippen LogP contribution in [0.2, 0.25) is 5.02 Å². The fourth-order valence-electron chi connectivity index (χ4n) is 4.34. The van der Waals surface area contributed by atoms with Crippen molar-refractivity contribution in [3.05, 3.63) is 98.6 Å². The van der Waals surface area contributed by atoms with Crippen LogP contribution in [0.4, 0.5) is 8.78 Å². The minimum atomic E-state index is -0.882. The molecule has 0 aliphatic rings. The molecule has 37 heavy (non-hydrogen) atoms. The number of halogens is 3. The average Bonchev–Trinajstić information content (AvgIpc) is 2.84. The number of rotatable bonds is 11. The van der Waals surface area contributed by atoms with Gasteiger partial charge in [0.15, 0.2) is 5.82 Å². The van der Waals surface area contributed by atoms with Gasteiger partial charge in [0.05, 0.1) is 16.6 Å². The van der Waals surface area contributed by atoms with Gasteiger partial charge in [-0.3, -0.25) is 4.79 Å². The first kappa shape index (κ1) is 28.3. The summed E-state index contributed by atoms with van der Waals surface area (Å²) in [5, 5.41) is 2.96. The number of nitrogens with one attached hydrogen (secondary N) is 1. The van der Waals surface area contributed by atoms with E-state index in [-0.39, 0.29) is 34.7 Å². The zero-order chi connectivity index (χ0) is 27.1. The molecule has 1 atom stereocenters. The minimum Gasteiger partial charge on any atom is -0.489 e. The molecule has 0 fully saturated rings. The summed E-state index contributed by atoms with van der Waals surface area (Å²) in [6.07, 6.45) is 2.17. The number of hydrogen-bond donors (Lipinski definition) is 1. The van der Waals surface area contributed by atoms with Gasteiger partial charge in [-0.2, -0.15) is 0 Å². The Kier molecular flexibility index (Phi) is 9.81. The zero-order valence-corrected chi connectivity index (χ0v) is 22.3. The lowest BCUT2D eigenvalue weighted by molar-refractivity contribution is -0.107. The van der Waals surface area contributed by atoms with Crippen LogP contribution in [0.5, 0.6) is 5.75 Å². The highest BCUT2D eigenvalue weighted by atomic mass is 35.5. The van der Waals surface area contributed by atoms with Crippen molar-refractivity contribution in [2.24, 2.45) is 5.92 Å². The van der Waals surface area contributed by atoms with Crippen molar-refractivity contribution in [1.82, 2.24) is 5.32 Å². The van der Waals surface area contributed by atoms with Crippen LogP contribution in [0.1, 0.15) is 70.9 Å². The first-order chi connectivity index (χ1) is 17.6. The molecule has 1 amide bonds. The van der Waals surface area contributed by atoms with Gasteiger partial charge >= 0.3 is 0 Å². The van der Waals surface area contributed by atoms with E-state index in [1.165, 1.54) is 0 Å².